The number of carbonyl (C=O) groups excluding carboxylic acids is 1. The van der Waals surface area contributed by atoms with Crippen LogP contribution in [0.2, 0.25) is 0 Å². The first-order valence-electron chi connectivity index (χ1n) is 13.1. The van der Waals surface area contributed by atoms with Gasteiger partial charge in [-0.3, -0.25) is 4.79 Å². The van der Waals surface area contributed by atoms with Crippen LogP contribution < -0.4 is 10.2 Å². The maximum absolute atomic E-state index is 13.0. The number of rotatable bonds is 6. The van der Waals surface area contributed by atoms with Crippen molar-refractivity contribution in [3.05, 3.63) is 76.9 Å². The average molecular weight is 547 g/mol. The minimum absolute atomic E-state index is 0.0759. The molecule has 4 aromatic rings. The number of halogens is 3. The van der Waals surface area contributed by atoms with Crippen LogP contribution in [-0.4, -0.2) is 40.5 Å². The Morgan fingerprint density at radius 3 is 2.50 bits per heavy atom. The molecule has 2 aliphatic rings. The van der Waals surface area contributed by atoms with Crippen molar-refractivity contribution in [3.63, 3.8) is 0 Å². The predicted molar refractivity (Wildman–Crippen MR) is 142 cm³/mol. The van der Waals surface area contributed by atoms with Crippen molar-refractivity contribution in [2.75, 3.05) is 24.5 Å². The number of alkyl halides is 3. The van der Waals surface area contributed by atoms with Crippen molar-refractivity contribution in [2.45, 2.75) is 37.8 Å². The molecule has 1 amide bonds. The fourth-order valence-electron chi connectivity index (χ4n) is 5.03. The van der Waals surface area contributed by atoms with E-state index in [1.165, 1.54) is 0 Å². The first-order chi connectivity index (χ1) is 19.3. The van der Waals surface area contributed by atoms with Gasteiger partial charge in [0.05, 0.1) is 12.1 Å². The highest BCUT2D eigenvalue weighted by atomic mass is 19.4. The lowest BCUT2D eigenvalue weighted by atomic mass is 9.97. The van der Waals surface area contributed by atoms with E-state index in [1.807, 2.05) is 6.07 Å². The topological polar surface area (TPSA) is 88.5 Å². The van der Waals surface area contributed by atoms with Gasteiger partial charge >= 0.3 is 6.18 Å². The van der Waals surface area contributed by atoms with Gasteiger partial charge in [-0.05, 0) is 85.5 Å². The molecule has 1 saturated heterocycles. The zero-order chi connectivity index (χ0) is 27.9. The minimum Gasteiger partial charge on any atom is -0.436 e. The van der Waals surface area contributed by atoms with E-state index in [9.17, 15) is 18.0 Å². The largest absolute Gasteiger partial charge is 0.436 e. The summed E-state index contributed by atoms with van der Waals surface area (Å²) in [4.78, 5) is 30.4. The molecule has 3 heterocycles. The van der Waals surface area contributed by atoms with Crippen molar-refractivity contribution < 1.29 is 22.4 Å². The summed E-state index contributed by atoms with van der Waals surface area (Å²) in [5.41, 5.74) is 3.26. The maximum atomic E-state index is 13.0. The Balaban J connectivity index is 1.05. The van der Waals surface area contributed by atoms with E-state index in [0.717, 1.165) is 41.8 Å². The Labute approximate surface area is 228 Å². The van der Waals surface area contributed by atoms with E-state index in [-0.39, 0.29) is 17.8 Å². The number of amides is 1. The second-order valence-corrected chi connectivity index (χ2v) is 10.2. The smallest absolute Gasteiger partial charge is 0.433 e. The number of benzene rings is 2. The number of fused-ring (bicyclic) bond motifs is 1. The lowest BCUT2D eigenvalue weighted by Gasteiger charge is -2.32. The number of nitrogens with one attached hydrogen (secondary N) is 1. The summed E-state index contributed by atoms with van der Waals surface area (Å²) in [6.07, 6.45) is 0.191. The molecule has 1 N–H and O–H groups in total. The van der Waals surface area contributed by atoms with Gasteiger partial charge in [-0.25, -0.2) is 19.8 Å². The zero-order valence-corrected chi connectivity index (χ0v) is 21.4. The summed E-state index contributed by atoms with van der Waals surface area (Å²) in [6.45, 7) is 8.87. The lowest BCUT2D eigenvalue weighted by molar-refractivity contribution is -0.141. The highest BCUT2D eigenvalue weighted by Gasteiger charge is 2.34. The van der Waals surface area contributed by atoms with Crippen molar-refractivity contribution in [3.8, 4) is 11.5 Å². The van der Waals surface area contributed by atoms with Crippen LogP contribution >= 0.6 is 0 Å². The quantitative estimate of drug-likeness (QED) is 0.283. The van der Waals surface area contributed by atoms with Crippen LogP contribution in [0.15, 0.2) is 53.1 Å². The summed E-state index contributed by atoms with van der Waals surface area (Å²) in [5, 5.41) is 2.97. The third-order valence-corrected chi connectivity index (χ3v) is 7.43. The molecule has 0 radical (unpaired) electrons. The Kier molecular flexibility index (Phi) is 6.62. The molecule has 0 unspecified atom stereocenters. The van der Waals surface area contributed by atoms with Gasteiger partial charge in [-0.2, -0.15) is 13.2 Å². The molecule has 0 bridgehead atoms. The Hall–Kier alpha value is -4.46. The van der Waals surface area contributed by atoms with Gasteiger partial charge in [-0.15, -0.1) is 0 Å². The van der Waals surface area contributed by atoms with Crippen molar-refractivity contribution in [2.24, 2.45) is 5.92 Å². The monoisotopic (exact) mass is 546 g/mol. The summed E-state index contributed by atoms with van der Waals surface area (Å²) < 4.78 is 45.0. The molecule has 6 rings (SSSR count). The van der Waals surface area contributed by atoms with Crippen LogP contribution in [0.25, 0.3) is 27.4 Å². The van der Waals surface area contributed by atoms with Gasteiger partial charge in [0.25, 0.3) is 5.91 Å². The standard InChI is InChI=1S/C29H25F3N6O2/c1-33-21-14-22(18-2-3-18)25-23(15-21)36-27(40-25)20-6-4-19(5-7-20)26(39)35-16-17-9-12-38(13-10-17)28-34-11-8-24(37-28)29(30,31)32/h4-8,11,14-15,17-18H,2-3,9-10,12-13,16H2,(H,35,39). The molecule has 2 fully saturated rings. The molecular formula is C29H25F3N6O2. The number of nitrogens with zero attached hydrogens (tertiary/aromatic N) is 5. The second-order valence-electron chi connectivity index (χ2n) is 10.2. The molecule has 0 spiro atoms. The highest BCUT2D eigenvalue weighted by molar-refractivity contribution is 5.94. The third-order valence-electron chi connectivity index (χ3n) is 7.43. The van der Waals surface area contributed by atoms with Gasteiger partial charge in [-0.1, -0.05) is 0 Å². The first-order valence-corrected chi connectivity index (χ1v) is 13.1. The Morgan fingerprint density at radius 2 is 1.82 bits per heavy atom. The van der Waals surface area contributed by atoms with Crippen molar-refractivity contribution in [1.82, 2.24) is 20.3 Å². The third kappa shape index (κ3) is 5.34. The van der Waals surface area contributed by atoms with Crippen molar-refractivity contribution >= 4 is 28.6 Å². The minimum atomic E-state index is -4.51. The number of hydrogen-bond donors (Lipinski definition) is 1. The number of oxazole rings is 1. The molecule has 1 saturated carbocycles. The normalized spacial score (nSPS) is 16.2. The van der Waals surface area contributed by atoms with E-state index < -0.39 is 11.9 Å². The molecule has 1 aliphatic carbocycles. The van der Waals surface area contributed by atoms with E-state index in [1.54, 1.807) is 35.2 Å². The van der Waals surface area contributed by atoms with Crippen LogP contribution in [0.3, 0.4) is 0 Å². The van der Waals surface area contributed by atoms with Crippen LogP contribution in [0, 0.1) is 12.5 Å². The zero-order valence-electron chi connectivity index (χ0n) is 21.4. The SMILES string of the molecule is [C-]#[N+]c1cc(C2CC2)c2oc(-c3ccc(C(=O)NCC4CCN(c5nccc(C(F)(F)F)n5)CC4)cc3)nc2c1. The van der Waals surface area contributed by atoms with Crippen LogP contribution in [-0.2, 0) is 6.18 Å². The van der Waals surface area contributed by atoms with Gasteiger partial charge < -0.3 is 14.6 Å². The molecule has 2 aromatic heterocycles. The van der Waals surface area contributed by atoms with Gasteiger partial charge in [0, 0.05) is 37.0 Å². The molecule has 8 nitrogen and oxygen atoms in total. The molecule has 0 atom stereocenters. The fraction of sp³-hybridized carbons (Fsp3) is 0.345. The van der Waals surface area contributed by atoms with Gasteiger partial charge in [0.2, 0.25) is 11.8 Å². The molecule has 40 heavy (non-hydrogen) atoms. The fourth-order valence-corrected chi connectivity index (χ4v) is 5.03. The van der Waals surface area contributed by atoms with Gasteiger partial charge in [0.15, 0.2) is 11.3 Å². The maximum Gasteiger partial charge on any atom is 0.433 e. The summed E-state index contributed by atoms with van der Waals surface area (Å²) in [5.74, 6) is 0.933. The second kappa shape index (κ2) is 10.3. The summed E-state index contributed by atoms with van der Waals surface area (Å²) in [6, 6.07) is 11.5. The Bertz CT molecular complexity index is 1600. The molecule has 204 valence electrons. The van der Waals surface area contributed by atoms with E-state index >= 15 is 0 Å². The number of carbonyl (C=O) groups is 1. The summed E-state index contributed by atoms with van der Waals surface area (Å²) >= 11 is 0. The van der Waals surface area contributed by atoms with E-state index in [4.69, 9.17) is 11.0 Å². The summed E-state index contributed by atoms with van der Waals surface area (Å²) in [7, 11) is 0. The number of hydrogen-bond acceptors (Lipinski definition) is 6. The highest BCUT2D eigenvalue weighted by Crippen LogP contribution is 2.45. The molecular weight excluding hydrogens is 521 g/mol. The molecule has 11 heteroatoms. The lowest BCUT2D eigenvalue weighted by Crippen LogP contribution is -2.39. The molecule has 2 aromatic carbocycles. The van der Waals surface area contributed by atoms with Gasteiger partial charge in [0.1, 0.15) is 5.69 Å². The number of anilines is 1. The van der Waals surface area contributed by atoms with Crippen LogP contribution in [0.1, 0.15) is 53.2 Å². The predicted octanol–water partition coefficient (Wildman–Crippen LogP) is 6.38. The van der Waals surface area contributed by atoms with Crippen molar-refractivity contribution in [1.29, 1.82) is 0 Å². The molecule has 1 aliphatic heterocycles. The Morgan fingerprint density at radius 1 is 1.07 bits per heavy atom. The average Bonchev–Trinajstić information content (AvgIpc) is 3.73. The number of aromatic nitrogens is 3. The first kappa shape index (κ1) is 25.8. The number of piperidine rings is 1. The van der Waals surface area contributed by atoms with E-state index in [2.05, 4.69) is 25.1 Å². The van der Waals surface area contributed by atoms with Crippen LogP contribution in [0.4, 0.5) is 24.8 Å². The van der Waals surface area contributed by atoms with E-state index in [0.29, 0.717) is 61.1 Å². The van der Waals surface area contributed by atoms with Crippen LogP contribution in [0.5, 0.6) is 0 Å².